The van der Waals surface area contributed by atoms with E-state index in [9.17, 15) is 14.3 Å². The first-order chi connectivity index (χ1) is 24.1. The lowest BCUT2D eigenvalue weighted by Gasteiger charge is -2.24. The van der Waals surface area contributed by atoms with E-state index in [1.54, 1.807) is 6.26 Å². The number of likely N-dealkylation sites (N-methyl/N-ethyl adjacent to an activating group) is 1. The lowest BCUT2D eigenvalue weighted by molar-refractivity contribution is -0.870. The van der Waals surface area contributed by atoms with Crippen molar-refractivity contribution in [3.05, 3.63) is 12.3 Å². The molecule has 0 radical (unpaired) electrons. The maximum Gasteiger partial charge on any atom is 0.472 e. The van der Waals surface area contributed by atoms with Gasteiger partial charge in [0.25, 0.3) is 0 Å². The Hall–Kier alpha value is -0.920. The highest BCUT2D eigenvalue weighted by Gasteiger charge is 2.26. The number of carbonyl (C=O) groups is 1. The fourth-order valence-electron chi connectivity index (χ4n) is 5.87. The maximum atomic E-state index is 12.6. The molecule has 0 aliphatic carbocycles. The van der Waals surface area contributed by atoms with E-state index in [2.05, 4.69) is 13.8 Å². The topological polar surface area (TPSA) is 91.3 Å². The molecule has 1 N–H and O–H groups in total. The third-order valence-corrected chi connectivity index (χ3v) is 10.2. The van der Waals surface area contributed by atoms with Gasteiger partial charge in [-0.3, -0.25) is 13.8 Å². The van der Waals surface area contributed by atoms with E-state index in [0.29, 0.717) is 17.4 Å². The summed E-state index contributed by atoms with van der Waals surface area (Å²) < 4.78 is 34.6. The van der Waals surface area contributed by atoms with Crippen LogP contribution in [0.25, 0.3) is 0 Å². The average Bonchev–Trinajstić information content (AvgIpc) is 3.06. The first-order valence-electron chi connectivity index (χ1n) is 21.0. The third kappa shape index (κ3) is 38.3. The highest BCUT2D eigenvalue weighted by molar-refractivity contribution is 7.47. The summed E-state index contributed by atoms with van der Waals surface area (Å²) in [5, 5.41) is 0. The highest BCUT2D eigenvalue weighted by atomic mass is 31.2. The Bertz CT molecular complexity index is 817. The molecule has 0 aromatic rings. The zero-order valence-electron chi connectivity index (χ0n) is 33.7. The van der Waals surface area contributed by atoms with Crippen molar-refractivity contribution in [3.8, 4) is 0 Å². The molecule has 0 heterocycles. The van der Waals surface area contributed by atoms with Crippen LogP contribution in [0.5, 0.6) is 0 Å². The molecule has 0 aromatic carbocycles. The van der Waals surface area contributed by atoms with Gasteiger partial charge in [0.15, 0.2) is 6.10 Å². The van der Waals surface area contributed by atoms with Gasteiger partial charge in [0.1, 0.15) is 19.8 Å². The molecule has 0 rings (SSSR count). The Kier molecular flexibility index (Phi) is 34.5. The van der Waals surface area contributed by atoms with E-state index in [-0.39, 0.29) is 25.8 Å². The largest absolute Gasteiger partial charge is 0.498 e. The number of ether oxygens (including phenoxy) is 2. The molecule has 0 aliphatic heterocycles. The maximum absolute atomic E-state index is 12.6. The predicted octanol–water partition coefficient (Wildman–Crippen LogP) is 12.2. The van der Waals surface area contributed by atoms with Gasteiger partial charge in [-0.1, -0.05) is 168 Å². The Morgan fingerprint density at radius 2 is 1.04 bits per heavy atom. The van der Waals surface area contributed by atoms with Crippen LogP contribution >= 0.6 is 7.82 Å². The summed E-state index contributed by atoms with van der Waals surface area (Å²) in [5.41, 5.74) is 0. The molecule has 0 aromatic heterocycles. The third-order valence-electron chi connectivity index (χ3n) is 9.17. The second-order valence-electron chi connectivity index (χ2n) is 15.5. The average molecular weight is 733 g/mol. The van der Waals surface area contributed by atoms with Crippen LogP contribution in [0, 0.1) is 0 Å². The number of rotatable bonds is 39. The summed E-state index contributed by atoms with van der Waals surface area (Å²) in [6.07, 6.45) is 37.7. The van der Waals surface area contributed by atoms with Crippen molar-refractivity contribution in [3.63, 3.8) is 0 Å². The highest BCUT2D eigenvalue weighted by Crippen LogP contribution is 2.43. The van der Waals surface area contributed by atoms with E-state index < -0.39 is 13.9 Å². The number of quaternary nitrogens is 1. The monoisotopic (exact) mass is 733 g/mol. The molecule has 2 atom stereocenters. The van der Waals surface area contributed by atoms with Gasteiger partial charge < -0.3 is 18.9 Å². The van der Waals surface area contributed by atoms with Crippen LogP contribution in [0.3, 0.4) is 0 Å². The molecule has 1 unspecified atom stereocenters. The SMILES string of the molecule is CCCCCCCCCCCCCCCCCC/C=C/OC[C@@H](COP(=O)(O)OCC[N+](C)(C)C)OC(=O)CCCCCCCCCCCC. The Balaban J connectivity index is 4.22. The van der Waals surface area contributed by atoms with Crippen molar-refractivity contribution in [2.45, 2.75) is 200 Å². The second-order valence-corrected chi connectivity index (χ2v) is 16.9. The van der Waals surface area contributed by atoms with Crippen LogP contribution < -0.4 is 0 Å². The van der Waals surface area contributed by atoms with Crippen molar-refractivity contribution >= 4 is 13.8 Å². The number of hydrogen-bond donors (Lipinski definition) is 1. The zero-order chi connectivity index (χ0) is 37.0. The fraction of sp³-hybridized carbons (Fsp3) is 0.927. The van der Waals surface area contributed by atoms with E-state index in [1.165, 1.54) is 141 Å². The van der Waals surface area contributed by atoms with Gasteiger partial charge in [0, 0.05) is 6.42 Å². The molecule has 8 nitrogen and oxygen atoms in total. The van der Waals surface area contributed by atoms with Gasteiger partial charge in [-0.05, 0) is 25.3 Å². The predicted molar refractivity (Wildman–Crippen MR) is 210 cm³/mol. The summed E-state index contributed by atoms with van der Waals surface area (Å²) >= 11 is 0. The molecule has 0 bridgehead atoms. The van der Waals surface area contributed by atoms with Gasteiger partial charge >= 0.3 is 13.8 Å². The zero-order valence-corrected chi connectivity index (χ0v) is 34.5. The number of unbranched alkanes of at least 4 members (excludes halogenated alkanes) is 25. The number of phosphoric acid groups is 1. The van der Waals surface area contributed by atoms with Crippen molar-refractivity contribution in [1.29, 1.82) is 0 Å². The number of carbonyl (C=O) groups excluding carboxylic acids is 1. The van der Waals surface area contributed by atoms with Crippen molar-refractivity contribution in [1.82, 2.24) is 0 Å². The number of allylic oxidation sites excluding steroid dienone is 1. The van der Waals surface area contributed by atoms with Crippen LogP contribution in [0.1, 0.15) is 194 Å². The normalized spacial score (nSPS) is 13.9. The van der Waals surface area contributed by atoms with Crippen LogP contribution in [-0.4, -0.2) is 69.0 Å². The van der Waals surface area contributed by atoms with Gasteiger partial charge in [-0.15, -0.1) is 0 Å². The first kappa shape index (κ1) is 49.1. The van der Waals surface area contributed by atoms with Crippen molar-refractivity contribution < 1.29 is 37.3 Å². The van der Waals surface area contributed by atoms with Crippen molar-refractivity contribution in [2.24, 2.45) is 0 Å². The molecule has 0 amide bonds. The Morgan fingerprint density at radius 3 is 1.48 bits per heavy atom. The van der Waals surface area contributed by atoms with Crippen LogP contribution in [0.2, 0.25) is 0 Å². The second kappa shape index (κ2) is 35.1. The minimum Gasteiger partial charge on any atom is -0.498 e. The number of esters is 1. The molecule has 0 saturated heterocycles. The summed E-state index contributed by atoms with van der Waals surface area (Å²) in [7, 11) is 1.65. The molecule has 0 spiro atoms. The standard InChI is InChI=1S/C41H82NO7P/c1-6-8-10-12-14-16-18-19-20-21-22-23-24-25-27-29-31-33-36-46-38-40(39-48-50(44,45)47-37-35-42(3,4)5)49-41(43)34-32-30-28-26-17-15-13-11-9-7-2/h33,36,40H,6-32,34-35,37-39H2,1-5H3/p+1/b36-33+/t40-/m0/s1. The molecular formula is C41H83NO7P+. The fourth-order valence-corrected chi connectivity index (χ4v) is 6.61. The summed E-state index contributed by atoms with van der Waals surface area (Å²) in [6.45, 7) is 4.94. The molecule has 0 fully saturated rings. The van der Waals surface area contributed by atoms with Crippen LogP contribution in [0.15, 0.2) is 12.3 Å². The molecular weight excluding hydrogens is 649 g/mol. The van der Waals surface area contributed by atoms with E-state index in [0.717, 1.165) is 32.1 Å². The molecule has 50 heavy (non-hydrogen) atoms. The number of phosphoric ester groups is 1. The van der Waals surface area contributed by atoms with Gasteiger partial charge in [0.05, 0.1) is 34.0 Å². The van der Waals surface area contributed by atoms with Gasteiger partial charge in [0.2, 0.25) is 0 Å². The van der Waals surface area contributed by atoms with Crippen molar-refractivity contribution in [2.75, 3.05) is 47.5 Å². The summed E-state index contributed by atoms with van der Waals surface area (Å²) in [6, 6.07) is 0. The molecule has 298 valence electrons. The van der Waals surface area contributed by atoms with E-state index >= 15 is 0 Å². The summed E-state index contributed by atoms with van der Waals surface area (Å²) in [5.74, 6) is -0.336. The van der Waals surface area contributed by atoms with E-state index in [4.69, 9.17) is 18.5 Å². The van der Waals surface area contributed by atoms with E-state index in [1.807, 2.05) is 27.2 Å². The quantitative estimate of drug-likeness (QED) is 0.0221. The first-order valence-corrected chi connectivity index (χ1v) is 22.5. The lowest BCUT2D eigenvalue weighted by atomic mass is 10.0. The number of hydrogen-bond acceptors (Lipinski definition) is 6. The smallest absolute Gasteiger partial charge is 0.472 e. The van der Waals surface area contributed by atoms with Crippen LogP contribution in [0.4, 0.5) is 0 Å². The Morgan fingerprint density at radius 1 is 0.620 bits per heavy atom. The minimum absolute atomic E-state index is 0.0537. The molecule has 9 heteroatoms. The van der Waals surface area contributed by atoms with Crippen LogP contribution in [-0.2, 0) is 27.9 Å². The summed E-state index contributed by atoms with van der Waals surface area (Å²) in [4.78, 5) is 22.7. The molecule has 0 aliphatic rings. The Labute approximate surface area is 310 Å². The molecule has 0 saturated carbocycles. The number of nitrogens with zero attached hydrogens (tertiary/aromatic N) is 1. The minimum atomic E-state index is -4.28. The lowest BCUT2D eigenvalue weighted by Crippen LogP contribution is -2.37. The van der Waals surface area contributed by atoms with Gasteiger partial charge in [-0.2, -0.15) is 0 Å². The van der Waals surface area contributed by atoms with Gasteiger partial charge in [-0.25, -0.2) is 4.57 Å².